The molecule has 0 bridgehead atoms. The molecular formula is C16H14F2N2. The van der Waals surface area contributed by atoms with Crippen LogP contribution in [0.5, 0.6) is 0 Å². The summed E-state index contributed by atoms with van der Waals surface area (Å²) in [4.78, 5) is 0. The lowest BCUT2D eigenvalue weighted by Crippen LogP contribution is -2.18. The van der Waals surface area contributed by atoms with Gasteiger partial charge in [-0.15, -0.1) is 0 Å². The summed E-state index contributed by atoms with van der Waals surface area (Å²) in [6.07, 6.45) is 0. The lowest BCUT2D eigenvalue weighted by atomic mass is 10.1. The van der Waals surface area contributed by atoms with Crippen molar-refractivity contribution in [2.75, 3.05) is 0 Å². The number of halogens is 2. The lowest BCUT2D eigenvalue weighted by Gasteiger charge is -2.14. The van der Waals surface area contributed by atoms with Gasteiger partial charge in [0, 0.05) is 24.2 Å². The summed E-state index contributed by atoms with van der Waals surface area (Å²) < 4.78 is 26.3. The number of nitriles is 1. The fourth-order valence-electron chi connectivity index (χ4n) is 1.89. The van der Waals surface area contributed by atoms with Crippen LogP contribution in [0.2, 0.25) is 0 Å². The van der Waals surface area contributed by atoms with Crippen molar-refractivity contribution in [3.8, 4) is 6.07 Å². The van der Waals surface area contributed by atoms with Crippen LogP contribution in [0, 0.1) is 23.0 Å². The second-order valence-electron chi connectivity index (χ2n) is 4.57. The van der Waals surface area contributed by atoms with Crippen LogP contribution in [0.1, 0.15) is 29.7 Å². The van der Waals surface area contributed by atoms with E-state index in [0.717, 1.165) is 11.6 Å². The van der Waals surface area contributed by atoms with Gasteiger partial charge >= 0.3 is 0 Å². The summed E-state index contributed by atoms with van der Waals surface area (Å²) in [5.74, 6) is -1.13. The molecule has 102 valence electrons. The second kappa shape index (κ2) is 6.27. The first-order valence-electron chi connectivity index (χ1n) is 6.27. The first-order valence-corrected chi connectivity index (χ1v) is 6.27. The minimum Gasteiger partial charge on any atom is -0.306 e. The number of nitrogens with one attached hydrogen (secondary N) is 1. The molecule has 2 aromatic rings. The molecule has 0 spiro atoms. The van der Waals surface area contributed by atoms with Crippen LogP contribution in [-0.4, -0.2) is 0 Å². The number of rotatable bonds is 4. The van der Waals surface area contributed by atoms with Gasteiger partial charge in [0.25, 0.3) is 0 Å². The quantitative estimate of drug-likeness (QED) is 0.921. The Morgan fingerprint density at radius 3 is 2.45 bits per heavy atom. The largest absolute Gasteiger partial charge is 0.306 e. The first kappa shape index (κ1) is 14.2. The maximum Gasteiger partial charge on any atom is 0.130 e. The molecule has 2 nitrogen and oxygen atoms in total. The highest BCUT2D eigenvalue weighted by atomic mass is 19.1. The third kappa shape index (κ3) is 3.40. The Morgan fingerprint density at radius 2 is 1.85 bits per heavy atom. The van der Waals surface area contributed by atoms with Gasteiger partial charge in [0.15, 0.2) is 0 Å². The molecule has 1 atom stereocenters. The van der Waals surface area contributed by atoms with Crippen molar-refractivity contribution in [1.82, 2.24) is 5.32 Å². The van der Waals surface area contributed by atoms with Gasteiger partial charge < -0.3 is 5.32 Å². The molecule has 1 unspecified atom stereocenters. The summed E-state index contributed by atoms with van der Waals surface area (Å²) in [7, 11) is 0. The predicted molar refractivity (Wildman–Crippen MR) is 72.8 cm³/mol. The minimum absolute atomic E-state index is 0.00666. The van der Waals surface area contributed by atoms with Gasteiger partial charge in [0.2, 0.25) is 0 Å². The van der Waals surface area contributed by atoms with E-state index in [1.807, 2.05) is 19.1 Å². The van der Waals surface area contributed by atoms with Gasteiger partial charge in [-0.2, -0.15) is 5.26 Å². The van der Waals surface area contributed by atoms with E-state index in [2.05, 4.69) is 11.4 Å². The topological polar surface area (TPSA) is 35.8 Å². The molecule has 1 N–H and O–H groups in total. The molecular weight excluding hydrogens is 258 g/mol. The van der Waals surface area contributed by atoms with E-state index in [1.54, 1.807) is 12.1 Å². The zero-order chi connectivity index (χ0) is 14.5. The smallest absolute Gasteiger partial charge is 0.130 e. The molecule has 0 aliphatic carbocycles. The van der Waals surface area contributed by atoms with Gasteiger partial charge in [0.05, 0.1) is 11.6 Å². The average Bonchev–Trinajstić information content (AvgIpc) is 2.46. The van der Waals surface area contributed by atoms with Crippen molar-refractivity contribution in [3.05, 3.63) is 70.8 Å². The van der Waals surface area contributed by atoms with Crippen LogP contribution in [-0.2, 0) is 6.54 Å². The third-order valence-electron chi connectivity index (χ3n) is 3.15. The standard InChI is InChI=1S/C16H14F2N2/c1-11(13-4-2-12(9-19)3-5-13)20-10-14-6-7-15(17)8-16(14)18/h2-8,11,20H,10H2,1H3. The van der Waals surface area contributed by atoms with Gasteiger partial charge in [-0.1, -0.05) is 18.2 Å². The van der Waals surface area contributed by atoms with E-state index in [-0.39, 0.29) is 6.04 Å². The summed E-state index contributed by atoms with van der Waals surface area (Å²) in [6.45, 7) is 2.26. The highest BCUT2D eigenvalue weighted by Gasteiger charge is 2.08. The highest BCUT2D eigenvalue weighted by molar-refractivity contribution is 5.32. The van der Waals surface area contributed by atoms with E-state index in [1.165, 1.54) is 12.1 Å². The zero-order valence-electron chi connectivity index (χ0n) is 11.0. The van der Waals surface area contributed by atoms with Crippen molar-refractivity contribution >= 4 is 0 Å². The molecule has 0 fully saturated rings. The molecule has 0 saturated carbocycles. The SMILES string of the molecule is CC(NCc1ccc(F)cc1F)c1ccc(C#N)cc1. The average molecular weight is 272 g/mol. The minimum atomic E-state index is -0.577. The normalized spacial score (nSPS) is 11.9. The van der Waals surface area contributed by atoms with Gasteiger partial charge in [-0.3, -0.25) is 0 Å². The van der Waals surface area contributed by atoms with E-state index in [4.69, 9.17) is 5.26 Å². The number of hydrogen-bond acceptors (Lipinski definition) is 2. The number of benzene rings is 2. The van der Waals surface area contributed by atoms with Crippen molar-refractivity contribution in [1.29, 1.82) is 5.26 Å². The van der Waals surface area contributed by atoms with E-state index >= 15 is 0 Å². The molecule has 20 heavy (non-hydrogen) atoms. The summed E-state index contributed by atoms with van der Waals surface area (Å²) in [6, 6.07) is 12.8. The van der Waals surface area contributed by atoms with Crippen molar-refractivity contribution in [2.45, 2.75) is 19.5 Å². The van der Waals surface area contributed by atoms with E-state index in [9.17, 15) is 8.78 Å². The molecule has 0 heterocycles. The Balaban J connectivity index is 2.00. The Kier molecular flexibility index (Phi) is 4.44. The molecule has 0 saturated heterocycles. The van der Waals surface area contributed by atoms with E-state index in [0.29, 0.717) is 17.7 Å². The Bertz CT molecular complexity index is 630. The Morgan fingerprint density at radius 1 is 1.15 bits per heavy atom. The molecule has 0 aliphatic heterocycles. The predicted octanol–water partition coefficient (Wildman–Crippen LogP) is 3.69. The Hall–Kier alpha value is -2.25. The summed E-state index contributed by atoms with van der Waals surface area (Å²) in [5, 5.41) is 11.9. The van der Waals surface area contributed by atoms with Crippen molar-refractivity contribution < 1.29 is 8.78 Å². The van der Waals surface area contributed by atoms with Gasteiger partial charge in [-0.05, 0) is 30.7 Å². The zero-order valence-corrected chi connectivity index (χ0v) is 11.0. The molecule has 4 heteroatoms. The van der Waals surface area contributed by atoms with Crippen molar-refractivity contribution in [2.24, 2.45) is 0 Å². The fraction of sp³-hybridized carbons (Fsp3) is 0.188. The third-order valence-corrected chi connectivity index (χ3v) is 3.15. The Labute approximate surface area is 116 Å². The highest BCUT2D eigenvalue weighted by Crippen LogP contribution is 2.15. The summed E-state index contributed by atoms with van der Waals surface area (Å²) >= 11 is 0. The molecule has 0 aromatic heterocycles. The van der Waals surface area contributed by atoms with Crippen LogP contribution in [0.3, 0.4) is 0 Å². The van der Waals surface area contributed by atoms with Gasteiger partial charge in [-0.25, -0.2) is 8.78 Å². The maximum atomic E-state index is 13.5. The molecule has 2 rings (SSSR count). The summed E-state index contributed by atoms with van der Waals surface area (Å²) in [5.41, 5.74) is 2.03. The van der Waals surface area contributed by atoms with Crippen molar-refractivity contribution in [3.63, 3.8) is 0 Å². The molecule has 0 amide bonds. The lowest BCUT2D eigenvalue weighted by molar-refractivity contribution is 0.533. The molecule has 0 radical (unpaired) electrons. The van der Waals surface area contributed by atoms with Crippen LogP contribution >= 0.6 is 0 Å². The second-order valence-corrected chi connectivity index (χ2v) is 4.57. The number of nitrogens with zero attached hydrogens (tertiary/aromatic N) is 1. The van der Waals surface area contributed by atoms with Crippen LogP contribution in [0.25, 0.3) is 0 Å². The van der Waals surface area contributed by atoms with Crippen LogP contribution < -0.4 is 5.32 Å². The van der Waals surface area contributed by atoms with Crippen LogP contribution in [0.4, 0.5) is 8.78 Å². The molecule has 0 aliphatic rings. The number of hydrogen-bond donors (Lipinski definition) is 1. The fourth-order valence-corrected chi connectivity index (χ4v) is 1.89. The van der Waals surface area contributed by atoms with Gasteiger partial charge in [0.1, 0.15) is 11.6 Å². The maximum absolute atomic E-state index is 13.5. The van der Waals surface area contributed by atoms with E-state index < -0.39 is 11.6 Å². The monoisotopic (exact) mass is 272 g/mol. The first-order chi connectivity index (χ1) is 9.60. The van der Waals surface area contributed by atoms with Crippen LogP contribution in [0.15, 0.2) is 42.5 Å². The molecule has 2 aromatic carbocycles.